The van der Waals surface area contributed by atoms with Crippen LogP contribution in [0.3, 0.4) is 0 Å². The number of amides is 1. The van der Waals surface area contributed by atoms with Gasteiger partial charge in [0.05, 0.1) is 6.54 Å². The fourth-order valence-corrected chi connectivity index (χ4v) is 3.66. The van der Waals surface area contributed by atoms with E-state index in [2.05, 4.69) is 25.2 Å². The highest BCUT2D eigenvalue weighted by molar-refractivity contribution is 5.94. The molecule has 174 valence electrons. The first-order chi connectivity index (χ1) is 15.8. The molecule has 0 atom stereocenters. The number of fused-ring (bicyclic) bond motifs is 1. The monoisotopic (exact) mass is 463 g/mol. The molecule has 2 aromatic carbocycles. The summed E-state index contributed by atoms with van der Waals surface area (Å²) in [4.78, 5) is 14.4. The summed E-state index contributed by atoms with van der Waals surface area (Å²) in [5.74, 6) is 0.256. The molecule has 1 aliphatic rings. The molecule has 3 aromatic rings. The van der Waals surface area contributed by atoms with Crippen molar-refractivity contribution >= 4 is 5.91 Å². The van der Waals surface area contributed by atoms with Crippen molar-refractivity contribution in [3.8, 4) is 5.75 Å². The Morgan fingerprint density at radius 1 is 1.06 bits per heavy atom. The van der Waals surface area contributed by atoms with Crippen molar-refractivity contribution in [2.75, 3.05) is 13.1 Å². The maximum atomic E-state index is 13.3. The number of nitrogens with one attached hydrogen (secondary N) is 1. The standard InChI is InChI=1S/C22H21F4N5O2/c23-17-3-1-2-16(12-17)21(32)27-13-20-29-28-19-8-9-30(10-11-31(19)20)14-15-4-6-18(7-5-15)33-22(24,25)26/h1-7,12H,8-11,13-14H2,(H,27,32). The van der Waals surface area contributed by atoms with Crippen LogP contribution in [0.1, 0.15) is 27.6 Å². The van der Waals surface area contributed by atoms with Gasteiger partial charge in [-0.3, -0.25) is 9.69 Å². The van der Waals surface area contributed by atoms with Gasteiger partial charge < -0.3 is 14.6 Å². The summed E-state index contributed by atoms with van der Waals surface area (Å²) >= 11 is 0. The van der Waals surface area contributed by atoms with Crippen LogP contribution in [0.25, 0.3) is 0 Å². The lowest BCUT2D eigenvalue weighted by atomic mass is 10.2. The summed E-state index contributed by atoms with van der Waals surface area (Å²) in [6, 6.07) is 11.3. The lowest BCUT2D eigenvalue weighted by molar-refractivity contribution is -0.274. The number of alkyl halides is 3. The molecule has 1 aliphatic heterocycles. The summed E-state index contributed by atoms with van der Waals surface area (Å²) in [7, 11) is 0. The van der Waals surface area contributed by atoms with Gasteiger partial charge in [0.2, 0.25) is 0 Å². The number of nitrogens with zero attached hydrogens (tertiary/aromatic N) is 4. The third kappa shape index (κ3) is 6.07. The van der Waals surface area contributed by atoms with Gasteiger partial charge in [-0.2, -0.15) is 0 Å². The molecule has 0 saturated carbocycles. The van der Waals surface area contributed by atoms with E-state index in [4.69, 9.17) is 0 Å². The van der Waals surface area contributed by atoms with Gasteiger partial charge in [0.15, 0.2) is 5.82 Å². The van der Waals surface area contributed by atoms with E-state index in [0.717, 1.165) is 11.4 Å². The highest BCUT2D eigenvalue weighted by Crippen LogP contribution is 2.23. The number of ether oxygens (including phenoxy) is 1. The fraction of sp³-hybridized carbons (Fsp3) is 0.318. The molecule has 2 heterocycles. The topological polar surface area (TPSA) is 72.3 Å². The van der Waals surface area contributed by atoms with Crippen molar-refractivity contribution in [1.82, 2.24) is 25.0 Å². The Labute approximate surface area is 187 Å². The molecule has 0 bridgehead atoms. The first-order valence-electron chi connectivity index (χ1n) is 10.3. The zero-order chi connectivity index (χ0) is 23.4. The summed E-state index contributed by atoms with van der Waals surface area (Å²) in [6.07, 6.45) is -4.07. The quantitative estimate of drug-likeness (QED) is 0.568. The molecule has 0 saturated heterocycles. The number of halogens is 4. The van der Waals surface area contributed by atoms with Gasteiger partial charge in [0, 0.05) is 38.2 Å². The Morgan fingerprint density at radius 3 is 2.58 bits per heavy atom. The van der Waals surface area contributed by atoms with Gasteiger partial charge in [-0.25, -0.2) is 4.39 Å². The smallest absolute Gasteiger partial charge is 0.406 e. The van der Waals surface area contributed by atoms with Crippen LogP contribution in [0, 0.1) is 5.82 Å². The predicted octanol–water partition coefficient (Wildman–Crippen LogP) is 3.30. The number of benzene rings is 2. The average molecular weight is 463 g/mol. The first-order valence-corrected chi connectivity index (χ1v) is 10.3. The molecule has 1 aromatic heterocycles. The molecule has 0 radical (unpaired) electrons. The third-order valence-corrected chi connectivity index (χ3v) is 5.25. The van der Waals surface area contributed by atoms with Gasteiger partial charge in [0.25, 0.3) is 5.91 Å². The fourth-order valence-electron chi connectivity index (χ4n) is 3.66. The van der Waals surface area contributed by atoms with Crippen molar-refractivity contribution in [1.29, 1.82) is 0 Å². The number of rotatable bonds is 6. The SMILES string of the molecule is O=C(NCc1nnc2n1CCN(Cc1ccc(OC(F)(F)F)cc1)CC2)c1cccc(F)c1. The van der Waals surface area contributed by atoms with Crippen LogP contribution in [0.15, 0.2) is 48.5 Å². The van der Waals surface area contributed by atoms with Crippen LogP contribution >= 0.6 is 0 Å². The van der Waals surface area contributed by atoms with Crippen LogP contribution < -0.4 is 10.1 Å². The first kappa shape index (κ1) is 22.7. The molecule has 7 nitrogen and oxygen atoms in total. The minimum Gasteiger partial charge on any atom is -0.406 e. The van der Waals surface area contributed by atoms with Crippen LogP contribution in [-0.2, 0) is 26.1 Å². The number of carbonyl (C=O) groups excluding carboxylic acids is 1. The second-order valence-electron chi connectivity index (χ2n) is 7.60. The molecule has 0 unspecified atom stereocenters. The Balaban J connectivity index is 1.33. The molecule has 0 spiro atoms. The summed E-state index contributed by atoms with van der Waals surface area (Å²) < 4.78 is 56.1. The van der Waals surface area contributed by atoms with E-state index in [1.165, 1.54) is 36.4 Å². The van der Waals surface area contributed by atoms with Crippen LogP contribution in [-0.4, -0.2) is 45.0 Å². The van der Waals surface area contributed by atoms with Gasteiger partial charge in [0.1, 0.15) is 17.4 Å². The second-order valence-corrected chi connectivity index (χ2v) is 7.60. The predicted molar refractivity (Wildman–Crippen MR) is 110 cm³/mol. The van der Waals surface area contributed by atoms with E-state index in [0.29, 0.717) is 38.4 Å². The number of hydrogen-bond donors (Lipinski definition) is 1. The van der Waals surface area contributed by atoms with Gasteiger partial charge in [-0.05, 0) is 35.9 Å². The van der Waals surface area contributed by atoms with E-state index in [1.807, 2.05) is 4.57 Å². The van der Waals surface area contributed by atoms with Crippen LogP contribution in [0.2, 0.25) is 0 Å². The van der Waals surface area contributed by atoms with E-state index in [-0.39, 0.29) is 17.9 Å². The maximum Gasteiger partial charge on any atom is 0.573 e. The Bertz CT molecular complexity index is 1110. The molecule has 0 aliphatic carbocycles. The largest absolute Gasteiger partial charge is 0.573 e. The second kappa shape index (κ2) is 9.57. The van der Waals surface area contributed by atoms with Crippen LogP contribution in [0.4, 0.5) is 17.6 Å². The number of hydrogen-bond acceptors (Lipinski definition) is 5. The third-order valence-electron chi connectivity index (χ3n) is 5.25. The van der Waals surface area contributed by atoms with E-state index < -0.39 is 18.1 Å². The van der Waals surface area contributed by atoms with Crippen molar-refractivity contribution in [2.45, 2.75) is 32.4 Å². The Hall–Kier alpha value is -3.47. The minimum absolute atomic E-state index is 0.156. The zero-order valence-corrected chi connectivity index (χ0v) is 17.5. The molecule has 33 heavy (non-hydrogen) atoms. The summed E-state index contributed by atoms with van der Waals surface area (Å²) in [5, 5.41) is 11.1. The van der Waals surface area contributed by atoms with Crippen molar-refractivity contribution in [2.24, 2.45) is 0 Å². The highest BCUT2D eigenvalue weighted by Gasteiger charge is 2.31. The molecular weight excluding hydrogens is 442 g/mol. The van der Waals surface area contributed by atoms with Gasteiger partial charge in [-0.1, -0.05) is 18.2 Å². The molecule has 1 amide bonds. The van der Waals surface area contributed by atoms with E-state index in [9.17, 15) is 22.4 Å². The summed E-state index contributed by atoms with van der Waals surface area (Å²) in [6.45, 7) is 2.70. The lowest BCUT2D eigenvalue weighted by Gasteiger charge is -2.20. The Morgan fingerprint density at radius 2 is 1.85 bits per heavy atom. The lowest BCUT2D eigenvalue weighted by Crippen LogP contribution is -2.28. The molecule has 1 N–H and O–H groups in total. The van der Waals surface area contributed by atoms with Gasteiger partial charge in [-0.15, -0.1) is 23.4 Å². The number of carbonyl (C=O) groups is 1. The van der Waals surface area contributed by atoms with Crippen molar-refractivity contribution < 1.29 is 27.1 Å². The summed E-state index contributed by atoms with van der Waals surface area (Å²) in [5.41, 5.74) is 1.09. The van der Waals surface area contributed by atoms with Crippen LogP contribution in [0.5, 0.6) is 5.75 Å². The minimum atomic E-state index is -4.71. The Kier molecular flexibility index (Phi) is 6.59. The van der Waals surface area contributed by atoms with E-state index >= 15 is 0 Å². The van der Waals surface area contributed by atoms with Gasteiger partial charge >= 0.3 is 6.36 Å². The maximum absolute atomic E-state index is 13.3. The number of aromatic nitrogens is 3. The molecular formula is C22H21F4N5O2. The molecule has 0 fully saturated rings. The van der Waals surface area contributed by atoms with Crippen molar-refractivity contribution in [3.05, 3.63) is 77.1 Å². The molecule has 11 heteroatoms. The highest BCUT2D eigenvalue weighted by atomic mass is 19.4. The normalized spacial score (nSPS) is 14.4. The average Bonchev–Trinajstić information content (AvgIpc) is 3.04. The van der Waals surface area contributed by atoms with Crippen molar-refractivity contribution in [3.63, 3.8) is 0 Å². The van der Waals surface area contributed by atoms with E-state index in [1.54, 1.807) is 12.1 Å². The zero-order valence-electron chi connectivity index (χ0n) is 17.5. The molecule has 4 rings (SSSR count).